The Bertz CT molecular complexity index is 1410. The molecule has 1 atom stereocenters. The van der Waals surface area contributed by atoms with Crippen LogP contribution in [-0.4, -0.2) is 21.2 Å². The summed E-state index contributed by atoms with van der Waals surface area (Å²) in [5.74, 6) is -0.459. The molecule has 0 bridgehead atoms. The van der Waals surface area contributed by atoms with Gasteiger partial charge in [0.1, 0.15) is 10.9 Å². The summed E-state index contributed by atoms with van der Waals surface area (Å²) < 4.78 is 2.30. The molecule has 1 N–H and O–H groups in total. The van der Waals surface area contributed by atoms with Gasteiger partial charge < -0.3 is 5.32 Å². The smallest absolute Gasteiger partial charge is 0.263 e. The molecule has 0 radical (unpaired) electrons. The molecule has 0 aliphatic heterocycles. The Labute approximate surface area is 197 Å². The number of halogens is 1. The van der Waals surface area contributed by atoms with Crippen LogP contribution in [0.2, 0.25) is 0 Å². The van der Waals surface area contributed by atoms with Gasteiger partial charge in [-0.3, -0.25) is 19.0 Å². The van der Waals surface area contributed by atoms with Gasteiger partial charge in [0.05, 0.1) is 11.7 Å². The average Bonchev–Trinajstić information content (AvgIpc) is 3.11. The van der Waals surface area contributed by atoms with E-state index in [2.05, 4.69) is 26.2 Å². The number of ketones is 1. The molecule has 0 fully saturated rings. The third kappa shape index (κ3) is 4.16. The summed E-state index contributed by atoms with van der Waals surface area (Å²) in [4.78, 5) is 44.0. The largest absolute Gasteiger partial charge is 0.324 e. The van der Waals surface area contributed by atoms with Crippen LogP contribution in [0.25, 0.3) is 21.3 Å². The molecule has 2 heterocycles. The summed E-state index contributed by atoms with van der Waals surface area (Å²) in [7, 11) is 0. The van der Waals surface area contributed by atoms with Crippen molar-refractivity contribution in [1.82, 2.24) is 9.55 Å². The lowest BCUT2D eigenvalue weighted by Crippen LogP contribution is -2.31. The van der Waals surface area contributed by atoms with E-state index in [0.29, 0.717) is 21.5 Å². The zero-order valence-corrected chi connectivity index (χ0v) is 20.1. The van der Waals surface area contributed by atoms with Crippen molar-refractivity contribution in [3.05, 3.63) is 80.1 Å². The van der Waals surface area contributed by atoms with E-state index in [4.69, 9.17) is 0 Å². The van der Waals surface area contributed by atoms with Crippen LogP contribution in [0.4, 0.5) is 5.69 Å². The number of carbonyl (C=O) groups excluding carboxylic acids is 2. The summed E-state index contributed by atoms with van der Waals surface area (Å²) in [6, 6.07) is 13.7. The van der Waals surface area contributed by atoms with Crippen LogP contribution in [0, 0.1) is 6.92 Å². The lowest BCUT2D eigenvalue weighted by Gasteiger charge is -2.15. The van der Waals surface area contributed by atoms with Crippen molar-refractivity contribution in [2.24, 2.45) is 0 Å². The standard InChI is InChI=1S/C24H20BrN3O3S/c1-13(22(30)27-19-6-4-5-17(11-19)14(2)29)28-12-26-23-21(24(28)31)20(15(3)32-23)16-7-9-18(25)10-8-16/h4-13H,1-3H3,(H,27,30). The van der Waals surface area contributed by atoms with Gasteiger partial charge in [-0.05, 0) is 50.6 Å². The van der Waals surface area contributed by atoms with Gasteiger partial charge in [0.25, 0.3) is 5.56 Å². The Morgan fingerprint density at radius 3 is 2.56 bits per heavy atom. The molecule has 162 valence electrons. The number of aryl methyl sites for hydroxylation is 1. The van der Waals surface area contributed by atoms with Crippen LogP contribution in [0.3, 0.4) is 0 Å². The topological polar surface area (TPSA) is 81.1 Å². The van der Waals surface area contributed by atoms with Crippen LogP contribution < -0.4 is 10.9 Å². The molecule has 1 amide bonds. The molecule has 0 aliphatic rings. The monoisotopic (exact) mass is 509 g/mol. The number of aromatic nitrogens is 2. The highest BCUT2D eigenvalue weighted by Crippen LogP contribution is 2.36. The number of amides is 1. The summed E-state index contributed by atoms with van der Waals surface area (Å²) in [6.45, 7) is 5.08. The van der Waals surface area contributed by atoms with Crippen molar-refractivity contribution in [1.29, 1.82) is 0 Å². The van der Waals surface area contributed by atoms with Crippen LogP contribution in [0.15, 0.2) is 64.1 Å². The summed E-state index contributed by atoms with van der Waals surface area (Å²) >= 11 is 4.90. The maximum Gasteiger partial charge on any atom is 0.263 e. The lowest BCUT2D eigenvalue weighted by molar-refractivity contribution is -0.118. The number of hydrogen-bond acceptors (Lipinski definition) is 5. The highest BCUT2D eigenvalue weighted by Gasteiger charge is 2.22. The summed E-state index contributed by atoms with van der Waals surface area (Å²) in [6.07, 6.45) is 1.42. The molecule has 8 heteroatoms. The molecule has 32 heavy (non-hydrogen) atoms. The Kier molecular flexibility index (Phi) is 6.08. The van der Waals surface area contributed by atoms with Crippen molar-refractivity contribution in [2.75, 3.05) is 5.32 Å². The van der Waals surface area contributed by atoms with Gasteiger partial charge in [0.15, 0.2) is 5.78 Å². The Morgan fingerprint density at radius 1 is 1.16 bits per heavy atom. The third-order valence-electron chi connectivity index (χ3n) is 5.28. The highest BCUT2D eigenvalue weighted by molar-refractivity contribution is 9.10. The Balaban J connectivity index is 1.72. The predicted octanol–water partition coefficient (Wildman–Crippen LogP) is 5.60. The van der Waals surface area contributed by atoms with Gasteiger partial charge in [-0.15, -0.1) is 11.3 Å². The Morgan fingerprint density at radius 2 is 1.88 bits per heavy atom. The molecule has 4 aromatic rings. The quantitative estimate of drug-likeness (QED) is 0.355. The zero-order valence-electron chi connectivity index (χ0n) is 17.7. The Hall–Kier alpha value is -3.10. The minimum atomic E-state index is -0.793. The van der Waals surface area contributed by atoms with E-state index in [9.17, 15) is 14.4 Å². The molecule has 0 spiro atoms. The van der Waals surface area contributed by atoms with Crippen LogP contribution >= 0.6 is 27.3 Å². The van der Waals surface area contributed by atoms with E-state index in [1.807, 2.05) is 31.2 Å². The van der Waals surface area contributed by atoms with Crippen molar-refractivity contribution in [3.8, 4) is 11.1 Å². The molecule has 1 unspecified atom stereocenters. The highest BCUT2D eigenvalue weighted by atomic mass is 79.9. The van der Waals surface area contributed by atoms with Gasteiger partial charge >= 0.3 is 0 Å². The minimum absolute atomic E-state index is 0.0895. The van der Waals surface area contributed by atoms with E-state index in [1.54, 1.807) is 31.2 Å². The zero-order chi connectivity index (χ0) is 23.0. The van der Waals surface area contributed by atoms with Gasteiger partial charge in [0.2, 0.25) is 5.91 Å². The molecule has 4 rings (SSSR count). The minimum Gasteiger partial charge on any atom is -0.324 e. The number of carbonyl (C=O) groups is 2. The molecule has 0 saturated carbocycles. The second-order valence-electron chi connectivity index (χ2n) is 7.48. The predicted molar refractivity (Wildman–Crippen MR) is 132 cm³/mol. The van der Waals surface area contributed by atoms with Crippen LogP contribution in [0.1, 0.15) is 35.1 Å². The molecule has 0 saturated heterocycles. The van der Waals surface area contributed by atoms with Crippen molar-refractivity contribution in [2.45, 2.75) is 26.8 Å². The van der Waals surface area contributed by atoms with Crippen molar-refractivity contribution in [3.63, 3.8) is 0 Å². The van der Waals surface area contributed by atoms with Gasteiger partial charge in [-0.25, -0.2) is 4.98 Å². The number of nitrogens with one attached hydrogen (secondary N) is 1. The first-order valence-electron chi connectivity index (χ1n) is 9.94. The number of hydrogen-bond donors (Lipinski definition) is 1. The third-order valence-corrected chi connectivity index (χ3v) is 6.82. The number of Topliss-reactive ketones (excluding diaryl/α,β-unsaturated/α-hetero) is 1. The molecule has 2 aromatic carbocycles. The van der Waals surface area contributed by atoms with Gasteiger partial charge in [0, 0.05) is 26.2 Å². The first-order chi connectivity index (χ1) is 15.3. The van der Waals surface area contributed by atoms with Gasteiger partial charge in [-0.1, -0.05) is 40.2 Å². The number of anilines is 1. The summed E-state index contributed by atoms with van der Waals surface area (Å²) in [5, 5.41) is 3.30. The maximum atomic E-state index is 13.4. The number of nitrogens with zero attached hydrogens (tertiary/aromatic N) is 2. The van der Waals surface area contributed by atoms with E-state index in [1.165, 1.54) is 29.2 Å². The molecule has 6 nitrogen and oxygen atoms in total. The maximum absolute atomic E-state index is 13.4. The van der Waals surface area contributed by atoms with E-state index >= 15 is 0 Å². The van der Waals surface area contributed by atoms with Crippen molar-refractivity contribution < 1.29 is 9.59 Å². The summed E-state index contributed by atoms with van der Waals surface area (Å²) in [5.41, 5.74) is 2.50. The first kappa shape index (κ1) is 22.1. The fraction of sp³-hybridized carbons (Fsp3) is 0.167. The second kappa shape index (κ2) is 8.80. The first-order valence-corrected chi connectivity index (χ1v) is 11.5. The number of fused-ring (bicyclic) bond motifs is 1. The van der Waals surface area contributed by atoms with Crippen LogP contribution in [0.5, 0.6) is 0 Å². The number of rotatable bonds is 5. The lowest BCUT2D eigenvalue weighted by atomic mass is 10.0. The molecule has 0 aliphatic carbocycles. The van der Waals surface area contributed by atoms with E-state index in [-0.39, 0.29) is 17.2 Å². The molecule has 2 aromatic heterocycles. The SMILES string of the molecule is CC(=O)c1cccc(NC(=O)C(C)n2cnc3sc(C)c(-c4ccc(Br)cc4)c3c2=O)c1. The van der Waals surface area contributed by atoms with Gasteiger partial charge in [-0.2, -0.15) is 0 Å². The fourth-order valence-corrected chi connectivity index (χ4v) is 4.81. The molecular weight excluding hydrogens is 490 g/mol. The number of thiophene rings is 1. The number of benzene rings is 2. The molecular formula is C24H20BrN3O3S. The second-order valence-corrected chi connectivity index (χ2v) is 9.60. The van der Waals surface area contributed by atoms with E-state index in [0.717, 1.165) is 20.5 Å². The normalized spacial score (nSPS) is 12.0. The van der Waals surface area contributed by atoms with E-state index < -0.39 is 6.04 Å². The average molecular weight is 510 g/mol. The van der Waals surface area contributed by atoms with Crippen molar-refractivity contribution >= 4 is 54.9 Å². The van der Waals surface area contributed by atoms with Crippen LogP contribution in [-0.2, 0) is 4.79 Å². The fourth-order valence-electron chi connectivity index (χ4n) is 3.54.